The van der Waals surface area contributed by atoms with Crippen LogP contribution in [-0.2, 0) is 6.18 Å². The summed E-state index contributed by atoms with van der Waals surface area (Å²) in [5.74, 6) is 0.323. The Morgan fingerprint density at radius 3 is 2.05 bits per heavy atom. The van der Waals surface area contributed by atoms with Crippen LogP contribution in [0, 0.1) is 0 Å². The standard InChI is InChI=1S/C14H9Cl2F3O/c1-20-11-2-3-13(14(17,18)19)12(7-11)8-4-9(15)6-10(16)5-8/h2-7H,1H3. The zero-order valence-electron chi connectivity index (χ0n) is 10.3. The summed E-state index contributed by atoms with van der Waals surface area (Å²) >= 11 is 11.7. The molecule has 6 heteroatoms. The molecule has 106 valence electrons. The summed E-state index contributed by atoms with van der Waals surface area (Å²) in [6.07, 6.45) is -4.48. The highest BCUT2D eigenvalue weighted by Crippen LogP contribution is 2.40. The van der Waals surface area contributed by atoms with Crippen LogP contribution in [0.15, 0.2) is 36.4 Å². The summed E-state index contributed by atoms with van der Waals surface area (Å²) in [6.45, 7) is 0. The number of ether oxygens (including phenoxy) is 1. The van der Waals surface area contributed by atoms with E-state index >= 15 is 0 Å². The Morgan fingerprint density at radius 1 is 0.950 bits per heavy atom. The van der Waals surface area contributed by atoms with Gasteiger partial charge in [0.2, 0.25) is 0 Å². The Labute approximate surface area is 123 Å². The van der Waals surface area contributed by atoms with Crippen molar-refractivity contribution < 1.29 is 17.9 Å². The van der Waals surface area contributed by atoms with Crippen LogP contribution in [0.4, 0.5) is 13.2 Å². The molecule has 0 saturated carbocycles. The zero-order chi connectivity index (χ0) is 14.9. The predicted octanol–water partition coefficient (Wildman–Crippen LogP) is 5.69. The van der Waals surface area contributed by atoms with Crippen LogP contribution < -0.4 is 4.74 Å². The summed E-state index contributed by atoms with van der Waals surface area (Å²) < 4.78 is 44.2. The molecule has 0 fully saturated rings. The molecule has 1 nitrogen and oxygen atoms in total. The molecule has 0 atom stereocenters. The number of alkyl halides is 3. The van der Waals surface area contributed by atoms with Crippen molar-refractivity contribution in [1.82, 2.24) is 0 Å². The minimum Gasteiger partial charge on any atom is -0.497 e. The molecule has 0 aliphatic heterocycles. The van der Waals surface area contributed by atoms with Gasteiger partial charge in [0.25, 0.3) is 0 Å². The lowest BCUT2D eigenvalue weighted by Crippen LogP contribution is -2.07. The molecule has 0 amide bonds. The van der Waals surface area contributed by atoms with E-state index in [0.29, 0.717) is 5.75 Å². The number of halogens is 5. The van der Waals surface area contributed by atoms with Crippen LogP contribution in [0.1, 0.15) is 5.56 Å². The van der Waals surface area contributed by atoms with Gasteiger partial charge in [-0.15, -0.1) is 0 Å². The Bertz CT molecular complexity index is 619. The fourth-order valence-electron chi connectivity index (χ4n) is 1.85. The van der Waals surface area contributed by atoms with Gasteiger partial charge >= 0.3 is 6.18 Å². The van der Waals surface area contributed by atoms with Gasteiger partial charge in [-0.2, -0.15) is 13.2 Å². The van der Waals surface area contributed by atoms with E-state index in [-0.39, 0.29) is 21.2 Å². The van der Waals surface area contributed by atoms with Crippen LogP contribution in [0.2, 0.25) is 10.0 Å². The molecule has 0 radical (unpaired) electrons. The molecule has 2 aromatic carbocycles. The quantitative estimate of drug-likeness (QED) is 0.690. The number of benzene rings is 2. The molecular formula is C14H9Cl2F3O. The van der Waals surface area contributed by atoms with Crippen molar-refractivity contribution >= 4 is 23.2 Å². The van der Waals surface area contributed by atoms with Crippen LogP contribution in [0.25, 0.3) is 11.1 Å². The normalized spacial score (nSPS) is 11.5. The maximum Gasteiger partial charge on any atom is 0.417 e. The van der Waals surface area contributed by atoms with Crippen molar-refractivity contribution in [3.8, 4) is 16.9 Å². The topological polar surface area (TPSA) is 9.23 Å². The van der Waals surface area contributed by atoms with Crippen LogP contribution >= 0.6 is 23.2 Å². The smallest absolute Gasteiger partial charge is 0.417 e. The number of hydrogen-bond acceptors (Lipinski definition) is 1. The van der Waals surface area contributed by atoms with Crippen molar-refractivity contribution in [3.05, 3.63) is 52.0 Å². The Morgan fingerprint density at radius 2 is 1.55 bits per heavy atom. The van der Waals surface area contributed by atoms with Gasteiger partial charge in [0, 0.05) is 10.0 Å². The second-order valence-electron chi connectivity index (χ2n) is 4.07. The van der Waals surface area contributed by atoms with E-state index in [0.717, 1.165) is 6.07 Å². The molecule has 0 aromatic heterocycles. The molecule has 0 saturated heterocycles. The van der Waals surface area contributed by atoms with Crippen LogP contribution in [0.3, 0.4) is 0 Å². The van der Waals surface area contributed by atoms with Crippen LogP contribution in [0.5, 0.6) is 5.75 Å². The lowest BCUT2D eigenvalue weighted by atomic mass is 9.99. The number of hydrogen-bond donors (Lipinski definition) is 0. The van der Waals surface area contributed by atoms with Crippen molar-refractivity contribution in [1.29, 1.82) is 0 Å². The first kappa shape index (κ1) is 15.0. The average Bonchev–Trinajstić information content (AvgIpc) is 2.35. The van der Waals surface area contributed by atoms with E-state index in [2.05, 4.69) is 0 Å². The van der Waals surface area contributed by atoms with Crippen molar-refractivity contribution in [3.63, 3.8) is 0 Å². The lowest BCUT2D eigenvalue weighted by molar-refractivity contribution is -0.137. The Kier molecular flexibility index (Phi) is 4.16. The first-order valence-electron chi connectivity index (χ1n) is 5.53. The molecule has 0 heterocycles. The highest BCUT2D eigenvalue weighted by atomic mass is 35.5. The molecule has 20 heavy (non-hydrogen) atoms. The molecule has 0 N–H and O–H groups in total. The summed E-state index contributed by atoms with van der Waals surface area (Å²) in [7, 11) is 1.39. The molecule has 2 rings (SSSR count). The van der Waals surface area contributed by atoms with Gasteiger partial charge in [0.1, 0.15) is 5.75 Å². The van der Waals surface area contributed by atoms with E-state index < -0.39 is 11.7 Å². The fraction of sp³-hybridized carbons (Fsp3) is 0.143. The van der Waals surface area contributed by atoms with E-state index in [1.165, 1.54) is 37.4 Å². The van der Waals surface area contributed by atoms with Crippen molar-refractivity contribution in [2.45, 2.75) is 6.18 Å². The Balaban J connectivity index is 2.69. The fourth-order valence-corrected chi connectivity index (χ4v) is 2.37. The van der Waals surface area contributed by atoms with Gasteiger partial charge in [-0.1, -0.05) is 23.2 Å². The highest BCUT2D eigenvalue weighted by Gasteiger charge is 2.33. The molecule has 0 aliphatic rings. The third-order valence-electron chi connectivity index (χ3n) is 2.71. The zero-order valence-corrected chi connectivity index (χ0v) is 11.8. The first-order valence-corrected chi connectivity index (χ1v) is 6.28. The van der Waals surface area contributed by atoms with Gasteiger partial charge < -0.3 is 4.74 Å². The van der Waals surface area contributed by atoms with E-state index in [4.69, 9.17) is 27.9 Å². The minimum atomic E-state index is -4.48. The maximum atomic E-state index is 13.1. The van der Waals surface area contributed by atoms with Crippen LogP contribution in [-0.4, -0.2) is 7.11 Å². The number of methoxy groups -OCH3 is 1. The monoisotopic (exact) mass is 320 g/mol. The van der Waals surface area contributed by atoms with E-state index in [9.17, 15) is 13.2 Å². The van der Waals surface area contributed by atoms with Crippen molar-refractivity contribution in [2.24, 2.45) is 0 Å². The third kappa shape index (κ3) is 3.19. The molecule has 0 aliphatic carbocycles. The van der Waals surface area contributed by atoms with Gasteiger partial charge in [0.05, 0.1) is 12.7 Å². The predicted molar refractivity (Wildman–Crippen MR) is 73.5 cm³/mol. The summed E-state index contributed by atoms with van der Waals surface area (Å²) in [6, 6.07) is 7.86. The van der Waals surface area contributed by atoms with E-state index in [1.54, 1.807) is 0 Å². The average molecular weight is 321 g/mol. The second-order valence-corrected chi connectivity index (χ2v) is 4.94. The lowest BCUT2D eigenvalue weighted by Gasteiger charge is -2.15. The molecule has 2 aromatic rings. The summed E-state index contributed by atoms with van der Waals surface area (Å²) in [5, 5.41) is 0.534. The SMILES string of the molecule is COc1ccc(C(F)(F)F)c(-c2cc(Cl)cc(Cl)c2)c1. The first-order chi connectivity index (χ1) is 9.31. The van der Waals surface area contributed by atoms with Gasteiger partial charge in [-0.05, 0) is 47.5 Å². The molecule has 0 bridgehead atoms. The minimum absolute atomic E-state index is 0.0266. The van der Waals surface area contributed by atoms with E-state index in [1.807, 2.05) is 0 Å². The van der Waals surface area contributed by atoms with Gasteiger partial charge in [-0.3, -0.25) is 0 Å². The van der Waals surface area contributed by atoms with Crippen molar-refractivity contribution in [2.75, 3.05) is 7.11 Å². The molecule has 0 unspecified atom stereocenters. The van der Waals surface area contributed by atoms with Gasteiger partial charge in [0.15, 0.2) is 0 Å². The second kappa shape index (κ2) is 5.54. The third-order valence-corrected chi connectivity index (χ3v) is 3.14. The number of rotatable bonds is 2. The molecule has 0 spiro atoms. The largest absolute Gasteiger partial charge is 0.497 e. The van der Waals surface area contributed by atoms with Gasteiger partial charge in [-0.25, -0.2) is 0 Å². The summed E-state index contributed by atoms with van der Waals surface area (Å²) in [5.41, 5.74) is -0.508. The highest BCUT2D eigenvalue weighted by molar-refractivity contribution is 6.35. The Hall–Kier alpha value is -1.39. The summed E-state index contributed by atoms with van der Waals surface area (Å²) in [4.78, 5) is 0. The maximum absolute atomic E-state index is 13.1. The molecular weight excluding hydrogens is 312 g/mol.